The third-order valence-corrected chi connectivity index (χ3v) is 3.22. The monoisotopic (exact) mass is 322 g/mol. The van der Waals surface area contributed by atoms with E-state index in [0.29, 0.717) is 12.2 Å². The fraction of sp³-hybridized carbons (Fsp3) is 0.438. The smallest absolute Gasteiger partial charge is 0.338 e. The molecule has 1 atom stereocenters. The highest BCUT2D eigenvalue weighted by Crippen LogP contribution is 2.06. The first-order chi connectivity index (χ1) is 10.8. The van der Waals surface area contributed by atoms with Crippen molar-refractivity contribution in [1.82, 2.24) is 10.2 Å². The van der Waals surface area contributed by atoms with Crippen LogP contribution in [0.2, 0.25) is 0 Å². The van der Waals surface area contributed by atoms with Crippen LogP contribution < -0.4 is 5.32 Å². The summed E-state index contributed by atoms with van der Waals surface area (Å²) in [7, 11) is 1.54. The zero-order valence-corrected chi connectivity index (χ0v) is 13.5. The highest BCUT2D eigenvalue weighted by atomic mass is 16.5. The Morgan fingerprint density at radius 3 is 2.39 bits per heavy atom. The van der Waals surface area contributed by atoms with Crippen molar-refractivity contribution in [1.29, 1.82) is 0 Å². The molecule has 1 aromatic carbocycles. The molecule has 0 spiro atoms. The number of nitrogens with one attached hydrogen (secondary N) is 1. The third-order valence-electron chi connectivity index (χ3n) is 3.22. The second kappa shape index (κ2) is 8.77. The van der Waals surface area contributed by atoms with E-state index < -0.39 is 11.9 Å². The summed E-state index contributed by atoms with van der Waals surface area (Å²) in [6.07, 6.45) is 0. The summed E-state index contributed by atoms with van der Waals surface area (Å²) >= 11 is 0. The minimum absolute atomic E-state index is 0.128. The standard InChI is InChI=1S/C16H22N2O5/c1-4-23-15(21)13-7-5-12(6-8-13)9-17-16(22)18(3)10-11(2)14(19)20/h5-8,11H,4,9-10H2,1-3H3,(H,17,22)(H,19,20). The van der Waals surface area contributed by atoms with E-state index in [0.717, 1.165) is 5.56 Å². The Kier molecular flexibility index (Phi) is 7.05. The molecule has 2 N–H and O–H groups in total. The molecule has 0 aliphatic carbocycles. The lowest BCUT2D eigenvalue weighted by atomic mass is 10.1. The number of hydrogen-bond acceptors (Lipinski definition) is 4. The number of carboxylic acid groups (broad SMARTS) is 1. The number of carbonyl (C=O) groups is 3. The molecule has 7 nitrogen and oxygen atoms in total. The predicted molar refractivity (Wildman–Crippen MR) is 84.1 cm³/mol. The molecule has 0 fully saturated rings. The number of amides is 2. The van der Waals surface area contributed by atoms with Crippen LogP contribution in [0.25, 0.3) is 0 Å². The van der Waals surface area contributed by atoms with E-state index in [1.165, 1.54) is 4.90 Å². The molecule has 0 saturated carbocycles. The number of benzene rings is 1. The van der Waals surface area contributed by atoms with Gasteiger partial charge in [-0.05, 0) is 24.6 Å². The highest BCUT2D eigenvalue weighted by Gasteiger charge is 2.17. The maximum absolute atomic E-state index is 11.9. The molecule has 0 radical (unpaired) electrons. The molecule has 1 rings (SSSR count). The number of carbonyl (C=O) groups excluding carboxylic acids is 2. The molecule has 1 unspecified atom stereocenters. The van der Waals surface area contributed by atoms with Gasteiger partial charge in [0.1, 0.15) is 0 Å². The molecular weight excluding hydrogens is 300 g/mol. The molecule has 2 amide bonds. The largest absolute Gasteiger partial charge is 0.481 e. The van der Waals surface area contributed by atoms with Gasteiger partial charge in [-0.2, -0.15) is 0 Å². The van der Waals surface area contributed by atoms with E-state index in [4.69, 9.17) is 9.84 Å². The van der Waals surface area contributed by atoms with Crippen LogP contribution in [0.4, 0.5) is 4.79 Å². The maximum atomic E-state index is 11.9. The van der Waals surface area contributed by atoms with Gasteiger partial charge in [-0.1, -0.05) is 19.1 Å². The molecule has 0 bridgehead atoms. The van der Waals surface area contributed by atoms with Crippen LogP contribution in [0.15, 0.2) is 24.3 Å². The van der Waals surface area contributed by atoms with Crippen LogP contribution in [0.3, 0.4) is 0 Å². The minimum atomic E-state index is -0.945. The molecule has 0 aliphatic heterocycles. The molecule has 0 heterocycles. The second-order valence-corrected chi connectivity index (χ2v) is 5.20. The summed E-state index contributed by atoms with van der Waals surface area (Å²) < 4.78 is 4.89. The molecule has 0 aromatic heterocycles. The Morgan fingerprint density at radius 2 is 1.87 bits per heavy atom. The zero-order valence-electron chi connectivity index (χ0n) is 13.5. The number of urea groups is 1. The van der Waals surface area contributed by atoms with Gasteiger partial charge in [0.05, 0.1) is 18.1 Å². The van der Waals surface area contributed by atoms with Crippen molar-refractivity contribution in [2.45, 2.75) is 20.4 Å². The second-order valence-electron chi connectivity index (χ2n) is 5.20. The highest BCUT2D eigenvalue weighted by molar-refractivity contribution is 5.89. The van der Waals surface area contributed by atoms with Crippen LogP contribution in [0.1, 0.15) is 29.8 Å². The van der Waals surface area contributed by atoms with Gasteiger partial charge < -0.3 is 20.1 Å². The van der Waals surface area contributed by atoms with Gasteiger partial charge in [0.25, 0.3) is 0 Å². The van der Waals surface area contributed by atoms with Crippen LogP contribution in [0.5, 0.6) is 0 Å². The fourth-order valence-corrected chi connectivity index (χ4v) is 1.86. The van der Waals surface area contributed by atoms with Gasteiger partial charge in [-0.3, -0.25) is 4.79 Å². The molecular formula is C16H22N2O5. The summed E-state index contributed by atoms with van der Waals surface area (Å²) in [5, 5.41) is 11.5. The number of aliphatic carboxylic acids is 1. The topological polar surface area (TPSA) is 95.9 Å². The van der Waals surface area contributed by atoms with E-state index in [1.54, 1.807) is 45.2 Å². The average Bonchev–Trinajstić information content (AvgIpc) is 2.53. The van der Waals surface area contributed by atoms with Crippen molar-refractivity contribution in [3.63, 3.8) is 0 Å². The van der Waals surface area contributed by atoms with E-state index in [2.05, 4.69) is 5.32 Å². The van der Waals surface area contributed by atoms with E-state index in [-0.39, 0.29) is 25.1 Å². The fourth-order valence-electron chi connectivity index (χ4n) is 1.86. The van der Waals surface area contributed by atoms with Gasteiger partial charge in [0.2, 0.25) is 0 Å². The van der Waals surface area contributed by atoms with Crippen molar-refractivity contribution < 1.29 is 24.2 Å². The molecule has 0 aliphatic rings. The first-order valence-corrected chi connectivity index (χ1v) is 7.33. The predicted octanol–water partition coefficient (Wildman–Crippen LogP) is 1.73. The number of esters is 1. The summed E-state index contributed by atoms with van der Waals surface area (Å²) in [6.45, 7) is 4.01. The lowest BCUT2D eigenvalue weighted by Gasteiger charge is -2.20. The summed E-state index contributed by atoms with van der Waals surface area (Å²) in [6, 6.07) is 6.37. The molecule has 23 heavy (non-hydrogen) atoms. The van der Waals surface area contributed by atoms with Gasteiger partial charge in [0.15, 0.2) is 0 Å². The Hall–Kier alpha value is -2.57. The van der Waals surface area contributed by atoms with Crippen molar-refractivity contribution in [2.24, 2.45) is 5.92 Å². The first-order valence-electron chi connectivity index (χ1n) is 7.33. The van der Waals surface area contributed by atoms with Crippen molar-refractivity contribution >= 4 is 18.0 Å². The Labute approximate surface area is 135 Å². The van der Waals surface area contributed by atoms with Crippen LogP contribution in [-0.4, -0.2) is 48.2 Å². The minimum Gasteiger partial charge on any atom is -0.481 e. The van der Waals surface area contributed by atoms with Crippen molar-refractivity contribution in [2.75, 3.05) is 20.2 Å². The zero-order chi connectivity index (χ0) is 17.4. The lowest BCUT2D eigenvalue weighted by molar-refractivity contribution is -0.141. The summed E-state index contributed by atoms with van der Waals surface area (Å²) in [5.74, 6) is -1.96. The van der Waals surface area contributed by atoms with Gasteiger partial charge in [0, 0.05) is 20.1 Å². The Morgan fingerprint density at radius 1 is 1.26 bits per heavy atom. The number of nitrogens with zero attached hydrogens (tertiary/aromatic N) is 1. The molecule has 7 heteroatoms. The molecule has 0 saturated heterocycles. The van der Waals surface area contributed by atoms with E-state index in [9.17, 15) is 14.4 Å². The van der Waals surface area contributed by atoms with Crippen LogP contribution >= 0.6 is 0 Å². The van der Waals surface area contributed by atoms with Crippen LogP contribution in [0, 0.1) is 5.92 Å². The van der Waals surface area contributed by atoms with Crippen LogP contribution in [-0.2, 0) is 16.1 Å². The van der Waals surface area contributed by atoms with Crippen molar-refractivity contribution in [3.05, 3.63) is 35.4 Å². The summed E-state index contributed by atoms with van der Waals surface area (Å²) in [5.41, 5.74) is 1.28. The van der Waals surface area contributed by atoms with Gasteiger partial charge in [-0.25, -0.2) is 9.59 Å². The van der Waals surface area contributed by atoms with E-state index >= 15 is 0 Å². The van der Waals surface area contributed by atoms with Gasteiger partial charge in [-0.15, -0.1) is 0 Å². The number of carboxylic acids is 1. The number of ether oxygens (including phenoxy) is 1. The maximum Gasteiger partial charge on any atom is 0.338 e. The number of hydrogen-bond donors (Lipinski definition) is 2. The average molecular weight is 322 g/mol. The lowest BCUT2D eigenvalue weighted by Crippen LogP contribution is -2.40. The van der Waals surface area contributed by atoms with E-state index in [1.807, 2.05) is 0 Å². The summed E-state index contributed by atoms with van der Waals surface area (Å²) in [4.78, 5) is 35.5. The first kappa shape index (κ1) is 18.5. The SMILES string of the molecule is CCOC(=O)c1ccc(CNC(=O)N(C)CC(C)C(=O)O)cc1. The third kappa shape index (κ3) is 5.98. The Balaban J connectivity index is 2.49. The van der Waals surface area contributed by atoms with Crippen molar-refractivity contribution in [3.8, 4) is 0 Å². The molecule has 126 valence electrons. The quantitative estimate of drug-likeness (QED) is 0.745. The normalized spacial score (nSPS) is 11.4. The number of rotatable bonds is 7. The molecule has 1 aromatic rings. The van der Waals surface area contributed by atoms with Gasteiger partial charge >= 0.3 is 18.0 Å². The Bertz CT molecular complexity index is 556.